The molecule has 0 fully saturated rings. The van der Waals surface area contributed by atoms with Crippen molar-refractivity contribution in [2.45, 2.75) is 6.42 Å². The minimum Gasteiger partial charge on any atom is -0.465 e. The van der Waals surface area contributed by atoms with Crippen molar-refractivity contribution in [1.29, 1.82) is 0 Å². The normalized spacial score (nSPS) is 10.4. The van der Waals surface area contributed by atoms with Crippen LogP contribution in [0.15, 0.2) is 53.1 Å². The summed E-state index contributed by atoms with van der Waals surface area (Å²) in [5, 5.41) is 7.32. The van der Waals surface area contributed by atoms with Gasteiger partial charge in [-0.25, -0.2) is 4.79 Å². The zero-order chi connectivity index (χ0) is 19.2. The van der Waals surface area contributed by atoms with Gasteiger partial charge in [0.1, 0.15) is 0 Å². The lowest BCUT2D eigenvalue weighted by Crippen LogP contribution is -2.25. The summed E-state index contributed by atoms with van der Waals surface area (Å²) < 4.78 is 9.82. The Morgan fingerprint density at radius 3 is 2.41 bits per heavy atom. The molecular weight excluding hydrogens is 370 g/mol. The first-order valence-corrected chi connectivity index (χ1v) is 8.49. The number of esters is 1. The van der Waals surface area contributed by atoms with Crippen LogP contribution in [0.1, 0.15) is 26.6 Å². The number of nitrogens with one attached hydrogen (secondary N) is 1. The van der Waals surface area contributed by atoms with E-state index >= 15 is 0 Å². The molecule has 1 aromatic heterocycles. The number of carbonyl (C=O) groups excluding carboxylic acids is 2. The minimum absolute atomic E-state index is 0.260. The largest absolute Gasteiger partial charge is 0.465 e. The molecule has 0 saturated carbocycles. The molecule has 0 atom stereocenters. The molecule has 138 valence electrons. The van der Waals surface area contributed by atoms with Gasteiger partial charge < -0.3 is 14.6 Å². The first-order chi connectivity index (χ1) is 13.1. The summed E-state index contributed by atoms with van der Waals surface area (Å²) in [4.78, 5) is 27.8. The number of hydrogen-bond donors (Lipinski definition) is 1. The molecule has 7 nitrogen and oxygen atoms in total. The van der Waals surface area contributed by atoms with Gasteiger partial charge in [-0.3, -0.25) is 4.79 Å². The third-order valence-electron chi connectivity index (χ3n) is 3.76. The van der Waals surface area contributed by atoms with Crippen LogP contribution in [0, 0.1) is 0 Å². The summed E-state index contributed by atoms with van der Waals surface area (Å²) in [5.74, 6) is 0.173. The van der Waals surface area contributed by atoms with Crippen molar-refractivity contribution in [3.63, 3.8) is 0 Å². The second-order valence-corrected chi connectivity index (χ2v) is 6.03. The van der Waals surface area contributed by atoms with Crippen LogP contribution in [0.4, 0.5) is 0 Å². The van der Waals surface area contributed by atoms with Crippen LogP contribution < -0.4 is 5.32 Å². The smallest absolute Gasteiger partial charge is 0.337 e. The number of aromatic nitrogens is 2. The van der Waals surface area contributed by atoms with E-state index in [4.69, 9.17) is 16.1 Å². The molecular formula is C19H16ClN3O4. The first-order valence-electron chi connectivity index (χ1n) is 8.12. The second kappa shape index (κ2) is 8.46. The molecule has 0 unspecified atom stereocenters. The summed E-state index contributed by atoms with van der Waals surface area (Å²) in [5.41, 5.74) is 1.62. The van der Waals surface area contributed by atoms with Crippen LogP contribution in [0.5, 0.6) is 0 Å². The quantitative estimate of drug-likeness (QED) is 0.655. The van der Waals surface area contributed by atoms with E-state index in [-0.39, 0.29) is 5.91 Å². The third kappa shape index (κ3) is 4.71. The van der Waals surface area contributed by atoms with Crippen LogP contribution in [-0.2, 0) is 11.2 Å². The van der Waals surface area contributed by atoms with Gasteiger partial charge in [-0.2, -0.15) is 4.98 Å². The summed E-state index contributed by atoms with van der Waals surface area (Å²) in [6, 6.07) is 13.3. The first kappa shape index (κ1) is 18.6. The molecule has 1 N–H and O–H groups in total. The Kier molecular flexibility index (Phi) is 5.83. The minimum atomic E-state index is -0.449. The van der Waals surface area contributed by atoms with E-state index in [1.54, 1.807) is 36.4 Å². The number of carbonyl (C=O) groups is 2. The van der Waals surface area contributed by atoms with Gasteiger partial charge >= 0.3 is 5.97 Å². The highest BCUT2D eigenvalue weighted by molar-refractivity contribution is 6.30. The average Bonchev–Trinajstić information content (AvgIpc) is 3.17. The molecule has 0 aliphatic heterocycles. The van der Waals surface area contributed by atoms with E-state index in [0.29, 0.717) is 40.8 Å². The van der Waals surface area contributed by atoms with Crippen molar-refractivity contribution in [1.82, 2.24) is 15.5 Å². The van der Waals surface area contributed by atoms with Crippen LogP contribution in [0.3, 0.4) is 0 Å². The van der Waals surface area contributed by atoms with E-state index in [1.807, 2.05) is 0 Å². The fourth-order valence-electron chi connectivity index (χ4n) is 2.33. The number of benzene rings is 2. The van der Waals surface area contributed by atoms with Gasteiger partial charge in [0.15, 0.2) is 0 Å². The van der Waals surface area contributed by atoms with Gasteiger partial charge in [-0.15, -0.1) is 0 Å². The maximum absolute atomic E-state index is 12.1. The molecule has 3 aromatic rings. The highest BCUT2D eigenvalue weighted by Crippen LogP contribution is 2.18. The van der Waals surface area contributed by atoms with Gasteiger partial charge in [0.25, 0.3) is 5.91 Å². The van der Waals surface area contributed by atoms with Crippen molar-refractivity contribution >= 4 is 23.5 Å². The Hall–Kier alpha value is -3.19. The fraction of sp³-hybridized carbons (Fsp3) is 0.158. The Morgan fingerprint density at radius 1 is 1.07 bits per heavy atom. The Labute approximate surface area is 160 Å². The maximum atomic E-state index is 12.1. The van der Waals surface area contributed by atoms with E-state index in [2.05, 4.69) is 20.2 Å². The number of hydrogen-bond acceptors (Lipinski definition) is 6. The van der Waals surface area contributed by atoms with E-state index in [1.165, 1.54) is 19.2 Å². The highest BCUT2D eigenvalue weighted by atomic mass is 35.5. The van der Waals surface area contributed by atoms with Crippen LogP contribution >= 0.6 is 11.6 Å². The van der Waals surface area contributed by atoms with E-state index in [9.17, 15) is 9.59 Å². The van der Waals surface area contributed by atoms with Crippen LogP contribution in [0.2, 0.25) is 5.02 Å². The van der Waals surface area contributed by atoms with Crippen molar-refractivity contribution in [2.75, 3.05) is 13.7 Å². The SMILES string of the molecule is COC(=O)c1ccc(C(=O)NCCc2nc(-c3ccc(Cl)cc3)no2)cc1. The average molecular weight is 386 g/mol. The molecule has 0 aliphatic carbocycles. The lowest BCUT2D eigenvalue weighted by molar-refractivity contribution is 0.0600. The van der Waals surface area contributed by atoms with Crippen molar-refractivity contribution in [3.05, 3.63) is 70.6 Å². The molecule has 0 saturated heterocycles. The fourth-order valence-corrected chi connectivity index (χ4v) is 2.46. The molecule has 0 spiro atoms. The third-order valence-corrected chi connectivity index (χ3v) is 4.02. The number of rotatable bonds is 6. The summed E-state index contributed by atoms with van der Waals surface area (Å²) in [7, 11) is 1.30. The lowest BCUT2D eigenvalue weighted by Gasteiger charge is -2.04. The summed E-state index contributed by atoms with van der Waals surface area (Å²) in [6.07, 6.45) is 0.395. The highest BCUT2D eigenvalue weighted by Gasteiger charge is 2.11. The predicted octanol–water partition coefficient (Wildman–Crippen LogP) is 3.15. The van der Waals surface area contributed by atoms with Gasteiger partial charge in [-0.05, 0) is 48.5 Å². The number of amides is 1. The molecule has 3 rings (SSSR count). The lowest BCUT2D eigenvalue weighted by atomic mass is 10.1. The molecule has 8 heteroatoms. The topological polar surface area (TPSA) is 94.3 Å². The standard InChI is InChI=1S/C19H16ClN3O4/c1-26-19(25)14-4-2-13(3-5-14)18(24)21-11-10-16-22-17(23-27-16)12-6-8-15(20)9-7-12/h2-9H,10-11H2,1H3,(H,21,24). The molecule has 0 bridgehead atoms. The van der Waals surface area contributed by atoms with Crippen molar-refractivity contribution in [2.24, 2.45) is 0 Å². The van der Waals surface area contributed by atoms with Crippen LogP contribution in [-0.4, -0.2) is 35.7 Å². The van der Waals surface area contributed by atoms with Gasteiger partial charge in [0.2, 0.25) is 11.7 Å². The summed E-state index contributed by atoms with van der Waals surface area (Å²) in [6.45, 7) is 0.333. The van der Waals surface area contributed by atoms with E-state index in [0.717, 1.165) is 5.56 Å². The molecule has 1 amide bonds. The Bertz CT molecular complexity index is 936. The van der Waals surface area contributed by atoms with Crippen molar-refractivity contribution < 1.29 is 18.8 Å². The van der Waals surface area contributed by atoms with Gasteiger partial charge in [0, 0.05) is 29.1 Å². The van der Waals surface area contributed by atoms with Crippen molar-refractivity contribution in [3.8, 4) is 11.4 Å². The number of nitrogens with zero attached hydrogens (tertiary/aromatic N) is 2. The monoisotopic (exact) mass is 385 g/mol. The molecule has 1 heterocycles. The zero-order valence-corrected chi connectivity index (χ0v) is 15.2. The van der Waals surface area contributed by atoms with Gasteiger partial charge in [-0.1, -0.05) is 16.8 Å². The number of halogens is 1. The van der Waals surface area contributed by atoms with Gasteiger partial charge in [0.05, 0.1) is 12.7 Å². The van der Waals surface area contributed by atoms with E-state index < -0.39 is 5.97 Å². The zero-order valence-electron chi connectivity index (χ0n) is 14.4. The Morgan fingerprint density at radius 2 is 1.74 bits per heavy atom. The molecule has 2 aromatic carbocycles. The predicted molar refractivity (Wildman–Crippen MR) is 98.6 cm³/mol. The second-order valence-electron chi connectivity index (χ2n) is 5.59. The molecule has 0 aliphatic rings. The molecule has 27 heavy (non-hydrogen) atoms. The number of methoxy groups -OCH3 is 1. The number of ether oxygens (including phenoxy) is 1. The summed E-state index contributed by atoms with van der Waals surface area (Å²) >= 11 is 5.86. The maximum Gasteiger partial charge on any atom is 0.337 e. The Balaban J connectivity index is 1.53. The molecule has 0 radical (unpaired) electrons. The van der Waals surface area contributed by atoms with Crippen LogP contribution in [0.25, 0.3) is 11.4 Å².